The fraction of sp³-hybridized carbons (Fsp3) is 0.238. The molecule has 0 bridgehead atoms. The van der Waals surface area contributed by atoms with Crippen LogP contribution in [0.4, 0.5) is 5.13 Å². The summed E-state index contributed by atoms with van der Waals surface area (Å²) >= 11 is 1.32. The van der Waals surface area contributed by atoms with Crippen LogP contribution in [-0.4, -0.2) is 28.8 Å². The van der Waals surface area contributed by atoms with Gasteiger partial charge in [-0.1, -0.05) is 0 Å². The first-order valence-electron chi connectivity index (χ1n) is 9.19. The van der Waals surface area contributed by atoms with Crippen molar-refractivity contribution in [2.75, 3.05) is 12.4 Å². The van der Waals surface area contributed by atoms with Crippen molar-refractivity contribution in [2.24, 2.45) is 0 Å². The number of hydrogen-bond donors (Lipinski definition) is 2. The number of thiazole rings is 1. The van der Waals surface area contributed by atoms with E-state index < -0.39 is 11.5 Å². The van der Waals surface area contributed by atoms with Gasteiger partial charge in [0.1, 0.15) is 11.3 Å². The zero-order valence-corrected chi connectivity index (χ0v) is 16.8. The van der Waals surface area contributed by atoms with Crippen LogP contribution in [0.3, 0.4) is 0 Å². The lowest BCUT2D eigenvalue weighted by Crippen LogP contribution is -2.27. The molecule has 0 saturated heterocycles. The van der Waals surface area contributed by atoms with E-state index in [-0.39, 0.29) is 11.3 Å². The highest BCUT2D eigenvalue weighted by Gasteiger charge is 2.23. The highest BCUT2D eigenvalue weighted by molar-refractivity contribution is 7.16. The molecule has 4 rings (SSSR count). The van der Waals surface area contributed by atoms with Gasteiger partial charge in [0.2, 0.25) is 0 Å². The van der Waals surface area contributed by atoms with Gasteiger partial charge in [-0.25, -0.2) is 4.98 Å². The van der Waals surface area contributed by atoms with Crippen LogP contribution >= 0.6 is 11.3 Å². The fourth-order valence-corrected chi connectivity index (χ4v) is 4.21. The first kappa shape index (κ1) is 19.1. The molecule has 3 aromatic rings. The summed E-state index contributed by atoms with van der Waals surface area (Å²) in [5.41, 5.74) is 2.10. The zero-order chi connectivity index (χ0) is 20.5. The number of methoxy groups -OCH3 is 1. The number of rotatable bonds is 4. The van der Waals surface area contributed by atoms with Crippen LogP contribution in [0.5, 0.6) is 5.75 Å². The number of nitrogens with one attached hydrogen (secondary N) is 2. The first-order chi connectivity index (χ1) is 14.0. The maximum atomic E-state index is 12.7. The van der Waals surface area contributed by atoms with E-state index in [0.29, 0.717) is 35.7 Å². The normalized spacial score (nSPS) is 13.1. The minimum Gasteiger partial charge on any atom is -0.497 e. The van der Waals surface area contributed by atoms with Gasteiger partial charge < -0.3 is 9.72 Å². The minimum absolute atomic E-state index is 0.0524. The van der Waals surface area contributed by atoms with Gasteiger partial charge in [0.25, 0.3) is 11.5 Å². The van der Waals surface area contributed by atoms with Crippen molar-refractivity contribution < 1.29 is 14.3 Å². The topological polar surface area (TPSA) is 101 Å². The summed E-state index contributed by atoms with van der Waals surface area (Å²) in [4.78, 5) is 45.2. The van der Waals surface area contributed by atoms with Crippen molar-refractivity contribution in [1.29, 1.82) is 0 Å². The summed E-state index contributed by atoms with van der Waals surface area (Å²) < 4.78 is 5.17. The Hall–Kier alpha value is -3.26. The van der Waals surface area contributed by atoms with Crippen LogP contribution in [0.25, 0.3) is 11.3 Å². The average Bonchev–Trinajstić information content (AvgIpc) is 3.07. The van der Waals surface area contributed by atoms with Crippen molar-refractivity contribution in [1.82, 2.24) is 9.97 Å². The molecule has 2 aromatic heterocycles. The van der Waals surface area contributed by atoms with Crippen LogP contribution < -0.4 is 15.6 Å². The van der Waals surface area contributed by atoms with E-state index in [2.05, 4.69) is 15.3 Å². The SMILES string of the molecule is COc1ccc(-c2nc(NC(=O)c3cc4c([nH]c3=O)CCCC4=O)sc2C)cc1. The summed E-state index contributed by atoms with van der Waals surface area (Å²) in [5, 5.41) is 3.08. The van der Waals surface area contributed by atoms with E-state index >= 15 is 0 Å². The van der Waals surface area contributed by atoms with E-state index in [1.165, 1.54) is 17.4 Å². The maximum absolute atomic E-state index is 12.7. The number of hydrogen-bond acceptors (Lipinski definition) is 6. The van der Waals surface area contributed by atoms with Crippen molar-refractivity contribution in [2.45, 2.75) is 26.2 Å². The quantitative estimate of drug-likeness (QED) is 0.686. The largest absolute Gasteiger partial charge is 0.497 e. The maximum Gasteiger partial charge on any atom is 0.263 e. The second kappa shape index (κ2) is 7.63. The van der Waals surface area contributed by atoms with Crippen molar-refractivity contribution >= 4 is 28.2 Å². The van der Waals surface area contributed by atoms with Gasteiger partial charge in [0.05, 0.1) is 12.8 Å². The third-order valence-electron chi connectivity index (χ3n) is 4.88. The smallest absolute Gasteiger partial charge is 0.263 e. The number of ether oxygens (including phenoxy) is 1. The van der Waals surface area contributed by atoms with Gasteiger partial charge in [0.15, 0.2) is 10.9 Å². The Kier molecular flexibility index (Phi) is 5.02. The second-order valence-electron chi connectivity index (χ2n) is 6.79. The molecule has 2 heterocycles. The van der Waals surface area contributed by atoms with Gasteiger partial charge in [0, 0.05) is 28.1 Å². The number of carbonyl (C=O) groups excluding carboxylic acids is 2. The minimum atomic E-state index is -0.581. The number of Topliss-reactive ketones (excluding diaryl/α,β-unsaturated/α-hetero) is 1. The van der Waals surface area contributed by atoms with Gasteiger partial charge in [-0.15, -0.1) is 11.3 Å². The summed E-state index contributed by atoms with van der Waals surface area (Å²) in [6, 6.07) is 8.88. The monoisotopic (exact) mass is 409 g/mol. The van der Waals surface area contributed by atoms with Crippen molar-refractivity contribution in [3.05, 3.63) is 62.4 Å². The van der Waals surface area contributed by atoms with E-state index in [1.54, 1.807) is 7.11 Å². The number of ketones is 1. The number of carbonyl (C=O) groups is 2. The first-order valence-corrected chi connectivity index (χ1v) is 10.0. The van der Waals surface area contributed by atoms with E-state index in [4.69, 9.17) is 4.74 Å². The molecule has 1 aliphatic carbocycles. The Balaban J connectivity index is 1.60. The molecule has 0 aliphatic heterocycles. The Morgan fingerprint density at radius 1 is 1.21 bits per heavy atom. The second-order valence-corrected chi connectivity index (χ2v) is 7.99. The molecule has 0 unspecified atom stereocenters. The molecular formula is C21H19N3O4S. The standard InChI is InChI=1S/C21H19N3O4S/c1-11-18(12-6-8-13(28-2)9-7-12)23-21(29-11)24-20(27)15-10-14-16(22-19(15)26)4-3-5-17(14)25/h6-10H,3-5H2,1-2H3,(H,22,26)(H,23,24,27). The fourth-order valence-electron chi connectivity index (χ4n) is 3.37. The Morgan fingerprint density at radius 3 is 2.69 bits per heavy atom. The number of benzene rings is 1. The Morgan fingerprint density at radius 2 is 1.97 bits per heavy atom. The number of fused-ring (bicyclic) bond motifs is 1. The lowest BCUT2D eigenvalue weighted by Gasteiger charge is -2.14. The van der Waals surface area contributed by atoms with Crippen LogP contribution in [0.2, 0.25) is 0 Å². The molecule has 0 saturated carbocycles. The molecule has 29 heavy (non-hydrogen) atoms. The number of aryl methyl sites for hydroxylation is 2. The summed E-state index contributed by atoms with van der Waals surface area (Å²) in [6.07, 6.45) is 1.77. The van der Waals surface area contributed by atoms with Gasteiger partial charge in [-0.2, -0.15) is 0 Å². The van der Waals surface area contributed by atoms with Crippen LogP contribution in [-0.2, 0) is 6.42 Å². The van der Waals surface area contributed by atoms with E-state index in [0.717, 1.165) is 21.9 Å². The molecule has 0 spiro atoms. The van der Waals surface area contributed by atoms with Gasteiger partial charge in [-0.05, 0) is 50.1 Å². The third kappa shape index (κ3) is 3.71. The number of H-pyrrole nitrogens is 1. The number of pyridine rings is 1. The highest BCUT2D eigenvalue weighted by atomic mass is 32.1. The van der Waals surface area contributed by atoms with Crippen LogP contribution in [0.15, 0.2) is 35.1 Å². The summed E-state index contributed by atoms with van der Waals surface area (Å²) in [5.74, 6) is 0.113. The third-order valence-corrected chi connectivity index (χ3v) is 5.77. The summed E-state index contributed by atoms with van der Waals surface area (Å²) in [7, 11) is 1.60. The molecule has 1 aliphatic rings. The number of aromatic amines is 1. The summed E-state index contributed by atoms with van der Waals surface area (Å²) in [6.45, 7) is 1.91. The van der Waals surface area contributed by atoms with Crippen molar-refractivity contribution in [3.8, 4) is 17.0 Å². The number of nitrogens with zero attached hydrogens (tertiary/aromatic N) is 1. The van der Waals surface area contributed by atoms with Gasteiger partial charge >= 0.3 is 0 Å². The molecule has 1 amide bonds. The molecule has 2 N–H and O–H groups in total. The van der Waals surface area contributed by atoms with Crippen LogP contribution in [0.1, 0.15) is 44.1 Å². The Bertz CT molecular complexity index is 1160. The van der Waals surface area contributed by atoms with E-state index in [1.807, 2.05) is 31.2 Å². The van der Waals surface area contributed by atoms with Crippen LogP contribution in [0, 0.1) is 6.92 Å². The van der Waals surface area contributed by atoms with E-state index in [9.17, 15) is 14.4 Å². The molecule has 148 valence electrons. The zero-order valence-electron chi connectivity index (χ0n) is 16.0. The molecule has 7 nitrogen and oxygen atoms in total. The predicted molar refractivity (Wildman–Crippen MR) is 111 cm³/mol. The molecule has 0 atom stereocenters. The molecule has 8 heteroatoms. The predicted octanol–water partition coefficient (Wildman–Crippen LogP) is 3.59. The lowest BCUT2D eigenvalue weighted by atomic mass is 9.93. The highest BCUT2D eigenvalue weighted by Crippen LogP contribution is 2.31. The average molecular weight is 409 g/mol. The molecule has 1 aromatic carbocycles. The lowest BCUT2D eigenvalue weighted by molar-refractivity contribution is 0.0971. The Labute approximate surface area is 170 Å². The molecular weight excluding hydrogens is 390 g/mol. The number of aromatic nitrogens is 2. The molecule has 0 fully saturated rings. The van der Waals surface area contributed by atoms with Gasteiger partial charge in [-0.3, -0.25) is 19.7 Å². The molecule has 0 radical (unpaired) electrons. The van der Waals surface area contributed by atoms with Crippen molar-refractivity contribution in [3.63, 3.8) is 0 Å². The number of amides is 1. The number of anilines is 1.